The van der Waals surface area contributed by atoms with E-state index in [9.17, 15) is 29.6 Å². The molecule has 2 aromatic rings. The summed E-state index contributed by atoms with van der Waals surface area (Å²) < 4.78 is 27.9. The van der Waals surface area contributed by atoms with Gasteiger partial charge in [0.1, 0.15) is 5.60 Å². The van der Waals surface area contributed by atoms with Crippen LogP contribution in [0.1, 0.15) is 58.6 Å². The number of hydrogen-bond donors (Lipinski definition) is 0. The number of rotatable bonds is 9. The Balaban J connectivity index is 0.000000296. The second kappa shape index (κ2) is 15.4. The van der Waals surface area contributed by atoms with E-state index in [1.54, 1.807) is 43.0 Å². The average molecular weight is 592 g/mol. The minimum absolute atomic E-state index is 0.00130. The van der Waals surface area contributed by atoms with Crippen molar-refractivity contribution in [1.29, 1.82) is 0 Å². The van der Waals surface area contributed by atoms with Crippen LogP contribution in [-0.2, 0) is 24.5 Å². The van der Waals surface area contributed by atoms with Gasteiger partial charge in [-0.25, -0.2) is 4.79 Å². The van der Waals surface area contributed by atoms with Gasteiger partial charge < -0.3 is 18.7 Å². The van der Waals surface area contributed by atoms with Crippen LogP contribution in [0.5, 0.6) is 0 Å². The van der Waals surface area contributed by atoms with E-state index >= 15 is 0 Å². The highest BCUT2D eigenvalue weighted by Crippen LogP contribution is 2.51. The van der Waals surface area contributed by atoms with Crippen molar-refractivity contribution in [3.8, 4) is 0 Å². The van der Waals surface area contributed by atoms with E-state index in [0.29, 0.717) is 31.9 Å². The van der Waals surface area contributed by atoms with Gasteiger partial charge in [0.15, 0.2) is 0 Å². The average Bonchev–Trinajstić information content (AvgIpc) is 2.89. The first-order chi connectivity index (χ1) is 19.2. The largest absolute Gasteiger partial charge is 0.444 e. The summed E-state index contributed by atoms with van der Waals surface area (Å²) in [6, 6.07) is 12.3. The number of carbonyl (C=O) groups is 1. The van der Waals surface area contributed by atoms with Crippen LogP contribution in [0.2, 0.25) is 0 Å². The summed E-state index contributed by atoms with van der Waals surface area (Å²) in [5, 5.41) is 21.1. The van der Waals surface area contributed by atoms with Gasteiger partial charge >= 0.3 is 13.7 Å². The molecule has 0 atom stereocenters. The van der Waals surface area contributed by atoms with Crippen LogP contribution in [0.4, 0.5) is 16.2 Å². The van der Waals surface area contributed by atoms with Gasteiger partial charge in [-0.05, 0) is 70.7 Å². The van der Waals surface area contributed by atoms with Crippen molar-refractivity contribution in [3.05, 3.63) is 85.5 Å². The minimum atomic E-state index is -3.15. The number of amides is 1. The summed E-state index contributed by atoms with van der Waals surface area (Å²) in [4.78, 5) is 34.0. The number of piperidine rings is 1. The third kappa shape index (κ3) is 11.8. The lowest BCUT2D eigenvalue weighted by atomic mass is 10.0. The Morgan fingerprint density at radius 3 is 1.78 bits per heavy atom. The first-order valence-corrected chi connectivity index (χ1v) is 15.0. The second-order valence-corrected chi connectivity index (χ2v) is 12.2. The Hall–Kier alpha value is -3.60. The number of ether oxygens (including phenoxy) is 1. The Morgan fingerprint density at radius 1 is 0.902 bits per heavy atom. The number of nitro benzene ring substituents is 2. The van der Waals surface area contributed by atoms with Gasteiger partial charge in [-0.15, -0.1) is 0 Å². The fourth-order valence-electron chi connectivity index (χ4n) is 3.84. The quantitative estimate of drug-likeness (QED) is 0.165. The van der Waals surface area contributed by atoms with Crippen molar-refractivity contribution in [1.82, 2.24) is 4.90 Å². The van der Waals surface area contributed by atoms with Crippen molar-refractivity contribution in [2.45, 2.75) is 59.2 Å². The lowest BCUT2D eigenvalue weighted by Gasteiger charge is -2.31. The zero-order valence-electron chi connectivity index (χ0n) is 24.1. The monoisotopic (exact) mass is 591 g/mol. The maximum atomic E-state index is 12.2. The molecule has 0 spiro atoms. The molecule has 224 valence electrons. The molecular formula is C28H38N3O9P. The smallest absolute Gasteiger partial charge is 0.410 e. The van der Waals surface area contributed by atoms with Crippen molar-refractivity contribution < 1.29 is 33.0 Å². The highest BCUT2D eigenvalue weighted by Gasteiger charge is 2.25. The molecule has 0 radical (unpaired) electrons. The summed E-state index contributed by atoms with van der Waals surface area (Å²) >= 11 is 0. The fraction of sp³-hybridized carbons (Fsp3) is 0.464. The Labute approximate surface area is 240 Å². The van der Waals surface area contributed by atoms with E-state index in [-0.39, 0.29) is 23.6 Å². The topological polar surface area (TPSA) is 151 Å². The Bertz CT molecular complexity index is 1240. The summed E-state index contributed by atoms with van der Waals surface area (Å²) in [7, 11) is -3.15. The van der Waals surface area contributed by atoms with E-state index in [2.05, 4.69) is 0 Å². The first-order valence-electron chi connectivity index (χ1n) is 13.3. The number of benzene rings is 2. The molecule has 3 rings (SSSR count). The van der Waals surface area contributed by atoms with Crippen molar-refractivity contribution in [2.75, 3.05) is 26.3 Å². The number of carbonyl (C=O) groups excluding carboxylic acids is 1. The highest BCUT2D eigenvalue weighted by atomic mass is 31.2. The summed E-state index contributed by atoms with van der Waals surface area (Å²) in [5.41, 5.74) is 2.47. The van der Waals surface area contributed by atoms with Gasteiger partial charge in [-0.1, -0.05) is 23.8 Å². The van der Waals surface area contributed by atoms with Crippen LogP contribution < -0.4 is 0 Å². The molecule has 1 saturated heterocycles. The molecule has 2 aromatic carbocycles. The molecule has 1 aliphatic heterocycles. The van der Waals surface area contributed by atoms with Gasteiger partial charge in [0.05, 0.1) is 29.2 Å². The molecule has 1 heterocycles. The van der Waals surface area contributed by atoms with Crippen LogP contribution >= 0.6 is 7.60 Å². The third-order valence-corrected chi connectivity index (χ3v) is 7.76. The molecule has 1 fully saturated rings. The first kappa shape index (κ1) is 33.6. The van der Waals surface area contributed by atoms with Crippen LogP contribution in [0.15, 0.2) is 54.1 Å². The van der Waals surface area contributed by atoms with E-state index in [1.807, 2.05) is 26.8 Å². The van der Waals surface area contributed by atoms with E-state index < -0.39 is 23.0 Å². The van der Waals surface area contributed by atoms with Crippen molar-refractivity contribution in [3.63, 3.8) is 0 Å². The second-order valence-electron chi connectivity index (χ2n) is 10.1. The third-order valence-electron chi connectivity index (χ3n) is 5.71. The van der Waals surface area contributed by atoms with Crippen LogP contribution in [0.25, 0.3) is 6.08 Å². The van der Waals surface area contributed by atoms with E-state index in [4.69, 9.17) is 13.8 Å². The SMILES string of the molecule is CC(C)(C)OC(=O)N1CCC(=Cc2ccc([N+](=O)[O-])cc2)CC1.CCOP(=O)(Cc1ccc([N+](=O)[O-])cc1)OCC. The molecular weight excluding hydrogens is 553 g/mol. The van der Waals surface area contributed by atoms with Crippen molar-refractivity contribution in [2.24, 2.45) is 0 Å². The zero-order valence-corrected chi connectivity index (χ0v) is 25.0. The molecule has 0 bridgehead atoms. The molecule has 0 aliphatic carbocycles. The van der Waals surface area contributed by atoms with Crippen molar-refractivity contribution >= 4 is 31.1 Å². The molecule has 0 saturated carbocycles. The highest BCUT2D eigenvalue weighted by molar-refractivity contribution is 7.53. The molecule has 0 N–H and O–H groups in total. The minimum Gasteiger partial charge on any atom is -0.444 e. The van der Waals surface area contributed by atoms with Gasteiger partial charge in [-0.3, -0.25) is 24.8 Å². The zero-order chi connectivity index (χ0) is 30.6. The number of hydrogen-bond acceptors (Lipinski definition) is 9. The summed E-state index contributed by atoms with van der Waals surface area (Å²) in [6.45, 7) is 10.9. The molecule has 13 heteroatoms. The Morgan fingerprint density at radius 2 is 1.37 bits per heavy atom. The molecule has 0 aromatic heterocycles. The molecule has 0 unspecified atom stereocenters. The van der Waals surface area contributed by atoms with Crippen LogP contribution in [0, 0.1) is 20.2 Å². The maximum absolute atomic E-state index is 12.2. The molecule has 1 aliphatic rings. The van der Waals surface area contributed by atoms with Gasteiger partial charge in [0.2, 0.25) is 0 Å². The summed E-state index contributed by atoms with van der Waals surface area (Å²) in [6.07, 6.45) is 3.46. The predicted octanol–water partition coefficient (Wildman–Crippen LogP) is 7.37. The predicted molar refractivity (Wildman–Crippen MR) is 156 cm³/mol. The lowest BCUT2D eigenvalue weighted by molar-refractivity contribution is -0.385. The summed E-state index contributed by atoms with van der Waals surface area (Å²) in [5.74, 6) is 0. The standard InChI is InChI=1S/C17H22N2O4.C11H16NO5P/c1-17(2,3)23-16(20)18-10-8-14(9-11-18)12-13-4-6-15(7-5-13)19(21)22;1-3-16-18(15,17-4-2)9-10-5-7-11(8-6-10)12(13)14/h4-7,12H,8-11H2,1-3H3;5-8H,3-4,9H2,1-2H3. The molecule has 1 amide bonds. The van der Waals surface area contributed by atoms with Crippen LogP contribution in [-0.4, -0.2) is 52.7 Å². The molecule has 12 nitrogen and oxygen atoms in total. The van der Waals surface area contributed by atoms with Gasteiger partial charge in [-0.2, -0.15) is 0 Å². The van der Waals surface area contributed by atoms with E-state index in [0.717, 1.165) is 18.4 Å². The number of nitro groups is 2. The normalized spacial score (nSPS) is 13.6. The Kier molecular flexibility index (Phi) is 12.6. The number of non-ortho nitro benzene ring substituents is 2. The number of likely N-dealkylation sites (tertiary alicyclic amines) is 1. The van der Waals surface area contributed by atoms with Crippen LogP contribution in [0.3, 0.4) is 0 Å². The van der Waals surface area contributed by atoms with Gasteiger partial charge in [0, 0.05) is 37.4 Å². The molecule has 41 heavy (non-hydrogen) atoms. The van der Waals surface area contributed by atoms with E-state index in [1.165, 1.54) is 29.8 Å². The lowest BCUT2D eigenvalue weighted by Crippen LogP contribution is -2.40. The fourth-order valence-corrected chi connectivity index (χ4v) is 5.55. The van der Waals surface area contributed by atoms with Gasteiger partial charge in [0.25, 0.3) is 11.4 Å². The number of nitrogens with zero attached hydrogens (tertiary/aromatic N) is 3. The maximum Gasteiger partial charge on any atom is 0.410 e.